The molecule has 7 nitrogen and oxygen atoms in total. The van der Waals surface area contributed by atoms with Crippen molar-refractivity contribution in [1.82, 2.24) is 10.2 Å². The Labute approximate surface area is 238 Å². The summed E-state index contributed by atoms with van der Waals surface area (Å²) in [6.45, 7) is 5.51. The Morgan fingerprint density at radius 1 is 0.900 bits per heavy atom. The summed E-state index contributed by atoms with van der Waals surface area (Å²) in [5.41, 5.74) is 3.20. The zero-order valence-corrected chi connectivity index (χ0v) is 24.4. The lowest BCUT2D eigenvalue weighted by Crippen LogP contribution is -2.53. The number of anilines is 1. The van der Waals surface area contributed by atoms with Crippen LogP contribution in [0.25, 0.3) is 0 Å². The van der Waals surface area contributed by atoms with Crippen molar-refractivity contribution in [2.75, 3.05) is 10.8 Å². The molecule has 0 aromatic heterocycles. The molecular weight excluding hydrogens is 522 g/mol. The number of benzene rings is 3. The number of rotatable bonds is 11. The Morgan fingerprint density at radius 3 is 2.17 bits per heavy atom. The van der Waals surface area contributed by atoms with Crippen LogP contribution in [0.3, 0.4) is 0 Å². The highest BCUT2D eigenvalue weighted by Gasteiger charge is 2.34. The first kappa shape index (κ1) is 29.3. The molecule has 2 amide bonds. The first-order chi connectivity index (χ1) is 19.2. The summed E-state index contributed by atoms with van der Waals surface area (Å²) in [5.74, 6) is -0.626. The minimum atomic E-state index is -4.07. The van der Waals surface area contributed by atoms with Crippen LogP contribution >= 0.6 is 0 Å². The number of nitrogens with one attached hydrogen (secondary N) is 1. The molecule has 0 radical (unpaired) electrons. The molecule has 1 N–H and O–H groups in total. The Hall–Kier alpha value is -3.65. The van der Waals surface area contributed by atoms with Crippen molar-refractivity contribution < 1.29 is 18.0 Å². The fourth-order valence-electron chi connectivity index (χ4n) is 5.33. The van der Waals surface area contributed by atoms with E-state index in [2.05, 4.69) is 5.32 Å². The van der Waals surface area contributed by atoms with E-state index < -0.39 is 28.5 Å². The molecule has 1 aliphatic rings. The van der Waals surface area contributed by atoms with E-state index in [9.17, 15) is 18.0 Å². The fourth-order valence-corrected chi connectivity index (χ4v) is 6.75. The molecular formula is C32H39N3O4S. The quantitative estimate of drug-likeness (QED) is 0.341. The number of amides is 2. The van der Waals surface area contributed by atoms with Gasteiger partial charge in [0.1, 0.15) is 12.6 Å². The normalized spacial score (nSPS) is 14.5. The lowest BCUT2D eigenvalue weighted by Gasteiger charge is -2.34. The van der Waals surface area contributed by atoms with Crippen LogP contribution in [0.2, 0.25) is 0 Å². The topological polar surface area (TPSA) is 86.8 Å². The number of nitrogens with zero attached hydrogens (tertiary/aromatic N) is 2. The van der Waals surface area contributed by atoms with Gasteiger partial charge in [0.2, 0.25) is 11.8 Å². The molecule has 0 spiro atoms. The summed E-state index contributed by atoms with van der Waals surface area (Å²) in [7, 11) is -4.07. The molecule has 1 aliphatic carbocycles. The van der Waals surface area contributed by atoms with Crippen molar-refractivity contribution >= 4 is 27.5 Å². The van der Waals surface area contributed by atoms with E-state index in [0.29, 0.717) is 12.1 Å². The molecule has 8 heteroatoms. The van der Waals surface area contributed by atoms with Crippen LogP contribution < -0.4 is 9.62 Å². The van der Waals surface area contributed by atoms with Gasteiger partial charge in [-0.3, -0.25) is 13.9 Å². The number of aryl methyl sites for hydroxylation is 2. The second-order valence-corrected chi connectivity index (χ2v) is 12.5. The number of carbonyl (C=O) groups is 2. The van der Waals surface area contributed by atoms with Crippen molar-refractivity contribution in [2.45, 2.75) is 76.4 Å². The summed E-state index contributed by atoms with van der Waals surface area (Å²) in [6, 6.07) is 22.4. The maximum atomic E-state index is 14.2. The van der Waals surface area contributed by atoms with E-state index in [1.807, 2.05) is 51.1 Å². The Bertz CT molecular complexity index is 1420. The SMILES string of the molecule is CC[C@@H](C(=O)NC1CCCC1)N(Cc1cccc(C)c1)C(=O)CN(c1cccc(C)c1)S(=O)(=O)c1ccccc1. The zero-order chi connectivity index (χ0) is 28.7. The van der Waals surface area contributed by atoms with E-state index in [1.54, 1.807) is 41.3 Å². The van der Waals surface area contributed by atoms with Gasteiger partial charge >= 0.3 is 0 Å². The molecule has 3 aromatic rings. The minimum absolute atomic E-state index is 0.0977. The number of hydrogen-bond acceptors (Lipinski definition) is 4. The number of hydrogen-bond donors (Lipinski definition) is 1. The Balaban J connectivity index is 1.71. The maximum Gasteiger partial charge on any atom is 0.264 e. The minimum Gasteiger partial charge on any atom is -0.352 e. The van der Waals surface area contributed by atoms with Gasteiger partial charge in [0.15, 0.2) is 0 Å². The first-order valence-corrected chi connectivity index (χ1v) is 15.4. The van der Waals surface area contributed by atoms with Gasteiger partial charge in [0, 0.05) is 12.6 Å². The van der Waals surface area contributed by atoms with E-state index in [1.165, 1.54) is 12.1 Å². The zero-order valence-electron chi connectivity index (χ0n) is 23.5. The third kappa shape index (κ3) is 7.10. The highest BCUT2D eigenvalue weighted by atomic mass is 32.2. The van der Waals surface area contributed by atoms with Crippen molar-refractivity contribution in [3.8, 4) is 0 Å². The van der Waals surface area contributed by atoms with Crippen LogP contribution in [-0.2, 0) is 26.2 Å². The van der Waals surface area contributed by atoms with Gasteiger partial charge in [0.05, 0.1) is 10.6 Å². The second kappa shape index (κ2) is 13.1. The van der Waals surface area contributed by atoms with E-state index >= 15 is 0 Å². The van der Waals surface area contributed by atoms with Gasteiger partial charge in [-0.15, -0.1) is 0 Å². The molecule has 0 aliphatic heterocycles. The Kier molecular flexibility index (Phi) is 9.63. The summed E-state index contributed by atoms with van der Waals surface area (Å²) in [5, 5.41) is 3.15. The smallest absolute Gasteiger partial charge is 0.264 e. The van der Waals surface area contributed by atoms with Gasteiger partial charge < -0.3 is 10.2 Å². The van der Waals surface area contributed by atoms with Crippen molar-refractivity contribution in [2.24, 2.45) is 0 Å². The van der Waals surface area contributed by atoms with Crippen LogP contribution in [0.4, 0.5) is 5.69 Å². The average molecular weight is 562 g/mol. The lowest BCUT2D eigenvalue weighted by molar-refractivity contribution is -0.140. The van der Waals surface area contributed by atoms with E-state index in [-0.39, 0.29) is 23.4 Å². The first-order valence-electron chi connectivity index (χ1n) is 14.0. The number of sulfonamides is 1. The van der Waals surface area contributed by atoms with Crippen molar-refractivity contribution in [1.29, 1.82) is 0 Å². The molecule has 1 saturated carbocycles. The van der Waals surface area contributed by atoms with Gasteiger partial charge in [-0.2, -0.15) is 0 Å². The molecule has 0 bridgehead atoms. The van der Waals surface area contributed by atoms with Crippen LogP contribution in [0.5, 0.6) is 0 Å². The number of carbonyl (C=O) groups excluding carboxylic acids is 2. The molecule has 1 fully saturated rings. The molecule has 1 atom stereocenters. The van der Waals surface area contributed by atoms with Crippen molar-refractivity contribution in [3.63, 3.8) is 0 Å². The van der Waals surface area contributed by atoms with Crippen LogP contribution in [0, 0.1) is 13.8 Å². The molecule has 212 valence electrons. The average Bonchev–Trinajstić information content (AvgIpc) is 3.45. The predicted molar refractivity (Wildman–Crippen MR) is 158 cm³/mol. The van der Waals surface area contributed by atoms with Gasteiger partial charge in [0.25, 0.3) is 10.0 Å². The molecule has 3 aromatic carbocycles. The Morgan fingerprint density at radius 2 is 1.55 bits per heavy atom. The summed E-state index contributed by atoms with van der Waals surface area (Å²) in [4.78, 5) is 29.3. The lowest BCUT2D eigenvalue weighted by atomic mass is 10.1. The maximum absolute atomic E-state index is 14.2. The molecule has 0 heterocycles. The second-order valence-electron chi connectivity index (χ2n) is 10.6. The molecule has 0 unspecified atom stereocenters. The molecule has 4 rings (SSSR count). The van der Waals surface area contributed by atoms with E-state index in [4.69, 9.17) is 0 Å². The van der Waals surface area contributed by atoms with Crippen LogP contribution in [-0.4, -0.2) is 43.8 Å². The summed E-state index contributed by atoms with van der Waals surface area (Å²) < 4.78 is 28.9. The third-order valence-corrected chi connectivity index (χ3v) is 9.21. The van der Waals surface area contributed by atoms with Crippen LogP contribution in [0.15, 0.2) is 83.8 Å². The standard InChI is InChI=1S/C32H39N3O4S/c1-4-30(32(37)33-27-15-8-9-16-27)34(22-26-14-10-12-24(2)20-26)31(36)23-35(28-17-11-13-25(3)21-28)40(38,39)29-18-6-5-7-19-29/h5-7,10-14,17-21,27,30H,4,8-9,15-16,22-23H2,1-3H3,(H,33,37)/t30-/m0/s1. The van der Waals surface area contributed by atoms with Gasteiger partial charge in [-0.1, -0.05) is 79.9 Å². The van der Waals surface area contributed by atoms with E-state index in [0.717, 1.165) is 46.7 Å². The highest BCUT2D eigenvalue weighted by molar-refractivity contribution is 7.92. The molecule has 40 heavy (non-hydrogen) atoms. The predicted octanol–water partition coefficient (Wildman–Crippen LogP) is 5.36. The highest BCUT2D eigenvalue weighted by Crippen LogP contribution is 2.26. The monoisotopic (exact) mass is 561 g/mol. The fraction of sp³-hybridized carbons (Fsp3) is 0.375. The van der Waals surface area contributed by atoms with Gasteiger partial charge in [-0.25, -0.2) is 8.42 Å². The van der Waals surface area contributed by atoms with Crippen molar-refractivity contribution in [3.05, 3.63) is 95.6 Å². The largest absolute Gasteiger partial charge is 0.352 e. The molecule has 0 saturated heterocycles. The van der Waals surface area contributed by atoms with Gasteiger partial charge in [-0.05, 0) is 68.5 Å². The van der Waals surface area contributed by atoms with Crippen LogP contribution in [0.1, 0.15) is 55.7 Å². The summed E-state index contributed by atoms with van der Waals surface area (Å²) in [6.07, 6.45) is 4.44. The third-order valence-electron chi connectivity index (χ3n) is 7.42. The summed E-state index contributed by atoms with van der Waals surface area (Å²) >= 11 is 0.